The van der Waals surface area contributed by atoms with Crippen molar-refractivity contribution < 1.29 is 9.90 Å². The minimum absolute atomic E-state index is 0.277. The highest BCUT2D eigenvalue weighted by Gasteiger charge is 2.38. The first-order chi connectivity index (χ1) is 8.83. The van der Waals surface area contributed by atoms with E-state index in [1.807, 2.05) is 23.6 Å². The van der Waals surface area contributed by atoms with Crippen LogP contribution in [0.3, 0.4) is 0 Å². The Labute approximate surface area is 120 Å². The van der Waals surface area contributed by atoms with Gasteiger partial charge in [-0.05, 0) is 42.2 Å². The van der Waals surface area contributed by atoms with Crippen molar-refractivity contribution >= 4 is 21.8 Å². The summed E-state index contributed by atoms with van der Waals surface area (Å²) in [6, 6.07) is 0. The second kappa shape index (κ2) is 5.22. The number of nitrogens with zero attached hydrogens (tertiary/aromatic N) is 3. The lowest BCUT2D eigenvalue weighted by molar-refractivity contribution is -0.142. The van der Waals surface area contributed by atoms with Gasteiger partial charge in [-0.3, -0.25) is 14.4 Å². The first-order valence-corrected chi connectivity index (χ1v) is 7.05. The fourth-order valence-electron chi connectivity index (χ4n) is 2.52. The van der Waals surface area contributed by atoms with Crippen LogP contribution >= 0.6 is 15.9 Å². The van der Waals surface area contributed by atoms with Crippen LogP contribution in [0.2, 0.25) is 0 Å². The maximum atomic E-state index is 11.3. The molecule has 1 amide bonds. The number of amides is 1. The molecule has 1 fully saturated rings. The number of carbonyl (C=O) groups excluding carboxylic acids is 1. The zero-order valence-corrected chi connectivity index (χ0v) is 12.8. The normalized spacial score (nSPS) is 24.6. The summed E-state index contributed by atoms with van der Waals surface area (Å²) in [5, 5.41) is 14.5. The molecule has 2 rings (SSSR count). The number of aliphatic hydroxyl groups is 1. The highest BCUT2D eigenvalue weighted by Crippen LogP contribution is 2.26. The zero-order chi connectivity index (χ0) is 14.2. The van der Waals surface area contributed by atoms with E-state index in [0.717, 1.165) is 28.8 Å². The molecule has 1 atom stereocenters. The van der Waals surface area contributed by atoms with Crippen molar-refractivity contribution in [3.05, 3.63) is 15.9 Å². The highest BCUT2D eigenvalue weighted by atomic mass is 79.9. The molecule has 3 N–H and O–H groups in total. The molecule has 0 unspecified atom stereocenters. The fourth-order valence-corrected chi connectivity index (χ4v) is 2.98. The van der Waals surface area contributed by atoms with Gasteiger partial charge >= 0.3 is 0 Å². The number of aryl methyl sites for hydroxylation is 2. The summed E-state index contributed by atoms with van der Waals surface area (Å²) in [6.45, 7) is 3.68. The van der Waals surface area contributed by atoms with Crippen LogP contribution in [0.5, 0.6) is 0 Å². The molecular weight excluding hydrogens is 312 g/mol. The van der Waals surface area contributed by atoms with Crippen LogP contribution in [0.15, 0.2) is 4.47 Å². The Balaban J connectivity index is 2.13. The monoisotopic (exact) mass is 330 g/mol. The van der Waals surface area contributed by atoms with Crippen molar-refractivity contribution in [3.63, 3.8) is 0 Å². The van der Waals surface area contributed by atoms with E-state index in [0.29, 0.717) is 13.0 Å². The van der Waals surface area contributed by atoms with Gasteiger partial charge in [-0.25, -0.2) is 0 Å². The molecule has 2 heterocycles. The van der Waals surface area contributed by atoms with Crippen molar-refractivity contribution in [2.45, 2.75) is 31.9 Å². The lowest BCUT2D eigenvalue weighted by Crippen LogP contribution is -2.55. The summed E-state index contributed by atoms with van der Waals surface area (Å²) in [6.07, 6.45) is 1.19. The van der Waals surface area contributed by atoms with E-state index in [1.54, 1.807) is 0 Å². The molecule has 0 aliphatic carbocycles. The van der Waals surface area contributed by atoms with Gasteiger partial charge in [0.05, 0.1) is 15.9 Å². The van der Waals surface area contributed by atoms with Crippen molar-refractivity contribution in [1.29, 1.82) is 0 Å². The van der Waals surface area contributed by atoms with Crippen LogP contribution in [0.25, 0.3) is 0 Å². The standard InChI is InChI=1S/C12H19BrN4O2/c1-8-10(13)9(16(2)15-8)6-17-5-3-4-12(19,7-17)11(14)18/h19H,3-7H2,1-2H3,(H2,14,18)/t12-/m1/s1. The maximum Gasteiger partial charge on any atom is 0.250 e. The Bertz CT molecular complexity index is 502. The number of likely N-dealkylation sites (tertiary alicyclic amines) is 1. The Kier molecular flexibility index (Phi) is 3.98. The van der Waals surface area contributed by atoms with Crippen molar-refractivity contribution in [2.24, 2.45) is 12.8 Å². The average molecular weight is 331 g/mol. The van der Waals surface area contributed by atoms with E-state index >= 15 is 0 Å². The molecule has 106 valence electrons. The summed E-state index contributed by atoms with van der Waals surface area (Å²) < 4.78 is 2.79. The van der Waals surface area contributed by atoms with Crippen molar-refractivity contribution in [2.75, 3.05) is 13.1 Å². The fraction of sp³-hybridized carbons (Fsp3) is 0.667. The molecule has 7 heteroatoms. The molecule has 0 saturated carbocycles. The van der Waals surface area contributed by atoms with Crippen LogP contribution in [0.4, 0.5) is 0 Å². The van der Waals surface area contributed by atoms with Crippen molar-refractivity contribution in [1.82, 2.24) is 14.7 Å². The van der Waals surface area contributed by atoms with Gasteiger partial charge < -0.3 is 10.8 Å². The number of piperidine rings is 1. The lowest BCUT2D eigenvalue weighted by atomic mass is 9.92. The van der Waals surface area contributed by atoms with Crippen LogP contribution in [-0.2, 0) is 18.4 Å². The number of nitrogens with two attached hydrogens (primary N) is 1. The Hall–Kier alpha value is -0.920. The summed E-state index contributed by atoms with van der Waals surface area (Å²) in [7, 11) is 1.89. The summed E-state index contributed by atoms with van der Waals surface area (Å²) in [5.74, 6) is -0.641. The number of rotatable bonds is 3. The number of β-amino-alcohol motifs (C(OH)–C–C–N with tert-alkyl or cyclic N) is 1. The van der Waals surface area contributed by atoms with Gasteiger partial charge in [0.15, 0.2) is 5.60 Å². The van der Waals surface area contributed by atoms with Gasteiger partial charge in [-0.2, -0.15) is 5.10 Å². The second-order valence-corrected chi connectivity index (χ2v) is 5.97. The number of halogens is 1. The second-order valence-electron chi connectivity index (χ2n) is 5.18. The van der Waals surface area contributed by atoms with E-state index in [9.17, 15) is 9.90 Å². The molecule has 1 aliphatic rings. The van der Waals surface area contributed by atoms with E-state index in [1.165, 1.54) is 0 Å². The summed E-state index contributed by atoms with van der Waals surface area (Å²) >= 11 is 3.52. The van der Waals surface area contributed by atoms with Gasteiger partial charge in [0.2, 0.25) is 0 Å². The van der Waals surface area contributed by atoms with Crippen molar-refractivity contribution in [3.8, 4) is 0 Å². The topological polar surface area (TPSA) is 84.4 Å². The maximum absolute atomic E-state index is 11.3. The third-order valence-electron chi connectivity index (χ3n) is 3.64. The van der Waals surface area contributed by atoms with Gasteiger partial charge in [-0.1, -0.05) is 0 Å². The quantitative estimate of drug-likeness (QED) is 0.835. The Morgan fingerprint density at radius 2 is 2.32 bits per heavy atom. The molecule has 0 spiro atoms. The first kappa shape index (κ1) is 14.5. The highest BCUT2D eigenvalue weighted by molar-refractivity contribution is 9.10. The molecule has 0 aromatic carbocycles. The van der Waals surface area contributed by atoms with Crippen LogP contribution in [0, 0.1) is 6.92 Å². The molecule has 1 aromatic heterocycles. The largest absolute Gasteiger partial charge is 0.379 e. The average Bonchev–Trinajstić information content (AvgIpc) is 2.56. The predicted octanol–water partition coefficient (Wildman–Crippen LogP) is 0.303. The smallest absolute Gasteiger partial charge is 0.250 e. The number of hydrogen-bond donors (Lipinski definition) is 2. The van der Waals surface area contributed by atoms with E-state index < -0.39 is 11.5 Å². The molecule has 1 aromatic rings. The third kappa shape index (κ3) is 2.82. The molecule has 0 bridgehead atoms. The SMILES string of the molecule is Cc1nn(C)c(CN2CCC[C@](O)(C(N)=O)C2)c1Br. The van der Waals surface area contributed by atoms with Gasteiger partial charge in [0, 0.05) is 20.1 Å². The number of carbonyl (C=O) groups is 1. The van der Waals surface area contributed by atoms with Crippen LogP contribution < -0.4 is 5.73 Å². The zero-order valence-electron chi connectivity index (χ0n) is 11.2. The predicted molar refractivity (Wildman–Crippen MR) is 74.3 cm³/mol. The minimum Gasteiger partial charge on any atom is -0.379 e. The Morgan fingerprint density at radius 3 is 2.84 bits per heavy atom. The van der Waals surface area contributed by atoms with E-state index in [2.05, 4.69) is 21.0 Å². The number of aromatic nitrogens is 2. The van der Waals surface area contributed by atoms with E-state index in [-0.39, 0.29) is 6.54 Å². The molecular formula is C12H19BrN4O2. The lowest BCUT2D eigenvalue weighted by Gasteiger charge is -2.37. The Morgan fingerprint density at radius 1 is 1.63 bits per heavy atom. The molecule has 1 aliphatic heterocycles. The molecule has 6 nitrogen and oxygen atoms in total. The first-order valence-electron chi connectivity index (χ1n) is 6.26. The summed E-state index contributed by atoms with van der Waals surface area (Å²) in [5.41, 5.74) is 5.84. The summed E-state index contributed by atoms with van der Waals surface area (Å²) in [4.78, 5) is 13.4. The van der Waals surface area contributed by atoms with Crippen LogP contribution in [-0.4, -0.2) is 44.4 Å². The van der Waals surface area contributed by atoms with Gasteiger partial charge in [-0.15, -0.1) is 0 Å². The number of hydrogen-bond acceptors (Lipinski definition) is 4. The van der Waals surface area contributed by atoms with Gasteiger partial charge in [0.25, 0.3) is 5.91 Å². The minimum atomic E-state index is -1.40. The van der Waals surface area contributed by atoms with Gasteiger partial charge in [0.1, 0.15) is 0 Å². The number of primary amides is 1. The molecule has 1 saturated heterocycles. The molecule has 0 radical (unpaired) electrons. The van der Waals surface area contributed by atoms with Crippen LogP contribution in [0.1, 0.15) is 24.2 Å². The van der Waals surface area contributed by atoms with E-state index in [4.69, 9.17) is 5.73 Å². The third-order valence-corrected chi connectivity index (χ3v) is 4.68. The molecule has 19 heavy (non-hydrogen) atoms.